The Kier molecular flexibility index (Phi) is 5.68. The summed E-state index contributed by atoms with van der Waals surface area (Å²) >= 11 is 7.59. The molecule has 0 bridgehead atoms. The van der Waals surface area contributed by atoms with Gasteiger partial charge >= 0.3 is 0 Å². The maximum absolute atomic E-state index is 3.89. The summed E-state index contributed by atoms with van der Waals surface area (Å²) in [6, 6.07) is 41.3. The highest BCUT2D eigenvalue weighted by molar-refractivity contribution is 9.10. The molecular weight excluding hydrogens is 590 g/mol. The summed E-state index contributed by atoms with van der Waals surface area (Å²) in [6.07, 6.45) is 7.75. The molecule has 0 unspecified atom stereocenters. The number of allylic oxidation sites excluding steroid dienone is 2. The van der Waals surface area contributed by atoms with Gasteiger partial charge in [0.25, 0.3) is 0 Å². The zero-order valence-corrected chi connectivity index (χ0v) is 24.5. The average molecular weight is 612 g/mol. The van der Waals surface area contributed by atoms with E-state index < -0.39 is 0 Å². The van der Waals surface area contributed by atoms with E-state index in [4.69, 9.17) is 0 Å². The minimum atomic E-state index is 1.14. The first-order valence-corrected chi connectivity index (χ1v) is 15.5. The van der Waals surface area contributed by atoms with E-state index in [9.17, 15) is 0 Å². The molecule has 2 aromatic heterocycles. The van der Waals surface area contributed by atoms with E-state index in [0.717, 1.165) is 21.5 Å². The molecule has 0 saturated heterocycles. The molecule has 7 aromatic rings. The summed E-state index contributed by atoms with van der Waals surface area (Å²) < 4.78 is 5.03. The van der Waals surface area contributed by atoms with Crippen LogP contribution in [0.1, 0.15) is 16.0 Å². The second kappa shape index (κ2) is 9.55. The van der Waals surface area contributed by atoms with Crippen LogP contribution in [0.2, 0.25) is 0 Å². The molecule has 8 rings (SSSR count). The number of anilines is 3. The van der Waals surface area contributed by atoms with Crippen LogP contribution >= 0.6 is 38.6 Å². The highest BCUT2D eigenvalue weighted by Gasteiger charge is 2.28. The van der Waals surface area contributed by atoms with Crippen LogP contribution in [-0.4, -0.2) is 0 Å². The summed E-state index contributed by atoms with van der Waals surface area (Å²) in [5, 5.41) is 3.87. The number of hydrogen-bond donors (Lipinski definition) is 0. The molecule has 1 aliphatic rings. The lowest BCUT2D eigenvalue weighted by atomic mass is 9.94. The first kappa shape index (κ1) is 23.8. The molecule has 1 aliphatic carbocycles. The van der Waals surface area contributed by atoms with Crippen molar-refractivity contribution in [3.8, 4) is 0 Å². The smallest absolute Gasteiger partial charge is 0.155 e. The molecule has 0 aliphatic heterocycles. The fourth-order valence-electron chi connectivity index (χ4n) is 5.62. The van der Waals surface area contributed by atoms with Gasteiger partial charge in [0.15, 0.2) is 4.88 Å². The predicted molar refractivity (Wildman–Crippen MR) is 178 cm³/mol. The largest absolute Gasteiger partial charge is 0.310 e. The molecular formula is C36H21BrNS2+. The molecule has 1 nitrogen and oxygen atoms in total. The Morgan fingerprint density at radius 1 is 0.600 bits per heavy atom. The van der Waals surface area contributed by atoms with Crippen molar-refractivity contribution >= 4 is 97.6 Å². The average Bonchev–Trinajstić information content (AvgIpc) is 3.57. The quantitative estimate of drug-likeness (QED) is 0.179. The number of thiophene rings is 2. The van der Waals surface area contributed by atoms with Crippen LogP contribution < -0.4 is 4.90 Å². The van der Waals surface area contributed by atoms with E-state index in [0.29, 0.717) is 0 Å². The van der Waals surface area contributed by atoms with Gasteiger partial charge in [0.05, 0.1) is 10.1 Å². The number of nitrogens with zero attached hydrogens (tertiary/aromatic N) is 1. The van der Waals surface area contributed by atoms with Crippen molar-refractivity contribution in [1.29, 1.82) is 0 Å². The minimum absolute atomic E-state index is 1.14. The molecule has 0 amide bonds. The van der Waals surface area contributed by atoms with Gasteiger partial charge < -0.3 is 4.90 Å². The topological polar surface area (TPSA) is 3.24 Å². The van der Waals surface area contributed by atoms with Gasteiger partial charge in [0.2, 0.25) is 0 Å². The Morgan fingerprint density at radius 2 is 1.30 bits per heavy atom. The van der Waals surface area contributed by atoms with E-state index in [-0.39, 0.29) is 0 Å². The molecule has 0 saturated carbocycles. The van der Waals surface area contributed by atoms with Crippen LogP contribution in [0.4, 0.5) is 17.1 Å². The molecule has 0 radical (unpaired) electrons. The summed E-state index contributed by atoms with van der Waals surface area (Å²) in [7, 11) is 0. The van der Waals surface area contributed by atoms with Crippen molar-refractivity contribution in [3.05, 3.63) is 148 Å². The lowest BCUT2D eigenvalue weighted by Gasteiger charge is -2.25. The third kappa shape index (κ3) is 3.84. The number of rotatable bonds is 4. The number of para-hydroxylation sites is 2. The summed E-state index contributed by atoms with van der Waals surface area (Å²) in [5.74, 6) is 0. The van der Waals surface area contributed by atoms with Gasteiger partial charge in [-0.25, -0.2) is 0 Å². The van der Waals surface area contributed by atoms with Crippen LogP contribution in [0.25, 0.3) is 41.9 Å². The summed E-state index contributed by atoms with van der Waals surface area (Å²) in [5.41, 5.74) is 7.10. The second-order valence-corrected chi connectivity index (χ2v) is 12.8. The van der Waals surface area contributed by atoms with E-state index >= 15 is 0 Å². The molecule has 0 fully saturated rings. The standard InChI is InChI=1S/C36H21BrNS2/c37-32-21-23(20-31-28-14-7-8-17-33(28)40-36(31)32)27-15-9-16-29-30-22-26(18-19-34(30)39-35(27)29)38(24-10-3-1-4-11-24)25-12-5-2-6-13-25/h1-8,10-22H/q+1. The van der Waals surface area contributed by atoms with Gasteiger partial charge in [0.1, 0.15) is 23.3 Å². The van der Waals surface area contributed by atoms with E-state index in [1.165, 1.54) is 51.8 Å². The number of benzene rings is 5. The lowest BCUT2D eigenvalue weighted by molar-refractivity contribution is 1.29. The maximum atomic E-state index is 3.89. The van der Waals surface area contributed by atoms with Crippen molar-refractivity contribution in [2.24, 2.45) is 0 Å². The number of fused-ring (bicyclic) bond motifs is 6. The zero-order chi connectivity index (χ0) is 26.6. The van der Waals surface area contributed by atoms with E-state index in [2.05, 4.69) is 154 Å². The highest BCUT2D eigenvalue weighted by Crippen LogP contribution is 2.46. The van der Waals surface area contributed by atoms with Crippen LogP contribution in [0.3, 0.4) is 0 Å². The third-order valence-corrected chi connectivity index (χ3v) is 10.8. The molecule has 40 heavy (non-hydrogen) atoms. The van der Waals surface area contributed by atoms with E-state index in [1.807, 2.05) is 22.7 Å². The minimum Gasteiger partial charge on any atom is -0.310 e. The van der Waals surface area contributed by atoms with Gasteiger partial charge in [-0.05, 0) is 76.6 Å². The molecule has 188 valence electrons. The lowest BCUT2D eigenvalue weighted by Crippen LogP contribution is -2.09. The van der Waals surface area contributed by atoms with Crippen molar-refractivity contribution in [1.82, 2.24) is 0 Å². The Hall–Kier alpha value is -4.05. The molecule has 0 spiro atoms. The predicted octanol–water partition coefficient (Wildman–Crippen LogP) is 11.8. The number of hydrogen-bond acceptors (Lipinski definition) is 3. The fourth-order valence-corrected chi connectivity index (χ4v) is 8.61. The first-order valence-electron chi connectivity index (χ1n) is 13.1. The first-order chi connectivity index (χ1) is 19.7. The molecule has 0 N–H and O–H groups in total. The second-order valence-electron chi connectivity index (χ2n) is 9.83. The van der Waals surface area contributed by atoms with Gasteiger partial charge in [0, 0.05) is 53.3 Å². The molecule has 0 atom stereocenters. The van der Waals surface area contributed by atoms with Crippen molar-refractivity contribution in [2.45, 2.75) is 0 Å². The van der Waals surface area contributed by atoms with Gasteiger partial charge in [-0.15, -0.1) is 22.7 Å². The van der Waals surface area contributed by atoms with Crippen LogP contribution in [0.15, 0.2) is 126 Å². The van der Waals surface area contributed by atoms with Crippen LogP contribution in [0, 0.1) is 6.08 Å². The highest BCUT2D eigenvalue weighted by atomic mass is 79.9. The summed E-state index contributed by atoms with van der Waals surface area (Å²) in [6.45, 7) is 0. The Labute approximate surface area is 249 Å². The van der Waals surface area contributed by atoms with Gasteiger partial charge in [-0.1, -0.05) is 54.6 Å². The monoisotopic (exact) mass is 610 g/mol. The number of halogens is 1. The van der Waals surface area contributed by atoms with Crippen molar-refractivity contribution < 1.29 is 0 Å². The maximum Gasteiger partial charge on any atom is 0.155 e. The Balaban J connectivity index is 1.28. The Bertz CT molecular complexity index is 2080. The van der Waals surface area contributed by atoms with Gasteiger partial charge in [-0.3, -0.25) is 0 Å². The molecule has 5 aromatic carbocycles. The molecule has 4 heteroatoms. The van der Waals surface area contributed by atoms with E-state index in [1.54, 1.807) is 0 Å². The SMILES string of the molecule is Brc1cc(C2=C[C+]=Cc3c2sc2ccc(N(c4ccccc4)c4ccccc4)cc32)cc2c1sc1ccccc12. The summed E-state index contributed by atoms with van der Waals surface area (Å²) in [4.78, 5) is 3.62. The molecule has 2 heterocycles. The normalized spacial score (nSPS) is 12.5. The van der Waals surface area contributed by atoms with Crippen molar-refractivity contribution in [3.63, 3.8) is 0 Å². The van der Waals surface area contributed by atoms with Crippen molar-refractivity contribution in [2.75, 3.05) is 4.90 Å². The third-order valence-electron chi connectivity index (χ3n) is 7.44. The van der Waals surface area contributed by atoms with Gasteiger partial charge in [-0.2, -0.15) is 0 Å². The fraction of sp³-hybridized carbons (Fsp3) is 0. The van der Waals surface area contributed by atoms with Crippen LogP contribution in [-0.2, 0) is 0 Å². The van der Waals surface area contributed by atoms with Crippen LogP contribution in [0.5, 0.6) is 0 Å². The zero-order valence-electron chi connectivity index (χ0n) is 21.3. The Morgan fingerprint density at radius 3 is 2.08 bits per heavy atom.